The predicted octanol–water partition coefficient (Wildman–Crippen LogP) is 3.36. The number of aliphatic hydroxyl groups is 1. The molecule has 1 aromatic rings. The van der Waals surface area contributed by atoms with Crippen LogP contribution in [0, 0.1) is 5.92 Å². The Kier molecular flexibility index (Phi) is 5.05. The third kappa shape index (κ3) is 3.46. The Bertz CT molecular complexity index is 646. The molecule has 1 aliphatic rings. The minimum absolute atomic E-state index is 0.230. The van der Waals surface area contributed by atoms with Crippen LogP contribution in [0.25, 0.3) is 0 Å². The first-order valence-corrected chi connectivity index (χ1v) is 7.61. The fourth-order valence-electron chi connectivity index (χ4n) is 2.18. The summed E-state index contributed by atoms with van der Waals surface area (Å²) < 4.78 is 45.1. The SMILES string of the molecule is COc1ccc(NC(=S)N2N=C(C(C)C)CC2(O)C(F)(F)F)cc1. The van der Waals surface area contributed by atoms with Gasteiger partial charge in [0, 0.05) is 17.8 Å². The molecule has 1 aromatic carbocycles. The number of alkyl halides is 3. The van der Waals surface area contributed by atoms with Crippen molar-refractivity contribution in [2.75, 3.05) is 12.4 Å². The normalized spacial score (nSPS) is 21.0. The summed E-state index contributed by atoms with van der Waals surface area (Å²) in [7, 11) is 1.50. The Morgan fingerprint density at radius 3 is 2.42 bits per heavy atom. The van der Waals surface area contributed by atoms with Crippen molar-refractivity contribution in [1.82, 2.24) is 5.01 Å². The molecule has 0 bridgehead atoms. The molecule has 2 rings (SSSR count). The Balaban J connectivity index is 2.26. The number of anilines is 1. The number of benzene rings is 1. The highest BCUT2D eigenvalue weighted by Gasteiger charge is 2.62. The van der Waals surface area contributed by atoms with Crippen molar-refractivity contribution in [3.63, 3.8) is 0 Å². The molecule has 2 N–H and O–H groups in total. The van der Waals surface area contributed by atoms with E-state index in [1.165, 1.54) is 7.11 Å². The third-order valence-electron chi connectivity index (χ3n) is 3.66. The lowest BCUT2D eigenvalue weighted by atomic mass is 9.99. The van der Waals surface area contributed by atoms with E-state index in [2.05, 4.69) is 10.4 Å². The number of methoxy groups -OCH3 is 1. The summed E-state index contributed by atoms with van der Waals surface area (Å²) in [5.74, 6) is 0.354. The number of hydrogen-bond acceptors (Lipinski definition) is 4. The van der Waals surface area contributed by atoms with E-state index in [0.717, 1.165) is 0 Å². The van der Waals surface area contributed by atoms with Crippen molar-refractivity contribution in [1.29, 1.82) is 0 Å². The van der Waals surface area contributed by atoms with Crippen LogP contribution in [0.3, 0.4) is 0 Å². The van der Waals surface area contributed by atoms with Gasteiger partial charge in [-0.2, -0.15) is 23.3 Å². The molecular weight excluding hydrogens is 343 g/mol. The highest BCUT2D eigenvalue weighted by molar-refractivity contribution is 7.80. The summed E-state index contributed by atoms with van der Waals surface area (Å²) in [5.41, 5.74) is -2.46. The van der Waals surface area contributed by atoms with Crippen molar-refractivity contribution in [2.45, 2.75) is 32.2 Å². The van der Waals surface area contributed by atoms with Gasteiger partial charge in [-0.15, -0.1) is 0 Å². The van der Waals surface area contributed by atoms with E-state index >= 15 is 0 Å². The van der Waals surface area contributed by atoms with Gasteiger partial charge in [-0.1, -0.05) is 13.8 Å². The zero-order valence-corrected chi connectivity index (χ0v) is 14.2. The first kappa shape index (κ1) is 18.5. The van der Waals surface area contributed by atoms with Gasteiger partial charge in [0.2, 0.25) is 0 Å². The van der Waals surface area contributed by atoms with Crippen LogP contribution < -0.4 is 10.1 Å². The van der Waals surface area contributed by atoms with Crippen LogP contribution in [0.1, 0.15) is 20.3 Å². The van der Waals surface area contributed by atoms with E-state index in [1.807, 2.05) is 0 Å². The highest BCUT2D eigenvalue weighted by Crippen LogP contribution is 2.41. The minimum Gasteiger partial charge on any atom is -0.497 e. The Labute approximate surface area is 143 Å². The molecule has 5 nitrogen and oxygen atoms in total. The molecule has 1 atom stereocenters. The van der Waals surface area contributed by atoms with Gasteiger partial charge in [-0.05, 0) is 42.4 Å². The molecule has 0 fully saturated rings. The lowest BCUT2D eigenvalue weighted by molar-refractivity contribution is -0.294. The number of halogens is 3. The Hall–Kier alpha value is -1.87. The summed E-state index contributed by atoms with van der Waals surface area (Å²) in [6.45, 7) is 3.41. The molecular formula is C15H18F3N3O2S. The van der Waals surface area contributed by atoms with Crippen LogP contribution in [0.4, 0.5) is 18.9 Å². The van der Waals surface area contributed by atoms with E-state index in [0.29, 0.717) is 16.4 Å². The van der Waals surface area contributed by atoms with Crippen LogP contribution in [0.15, 0.2) is 29.4 Å². The van der Waals surface area contributed by atoms with Crippen LogP contribution in [-0.2, 0) is 0 Å². The number of nitrogens with one attached hydrogen (secondary N) is 1. The second-order valence-corrected chi connectivity index (χ2v) is 6.09. The standard InChI is InChI=1S/C15H18F3N3O2S/c1-9(2)12-8-14(22,15(16,17)18)21(20-12)13(24)19-10-4-6-11(23-3)7-5-10/h4-7,9,22H,8H2,1-3H3,(H,19,24). The van der Waals surface area contributed by atoms with Gasteiger partial charge < -0.3 is 15.2 Å². The molecule has 24 heavy (non-hydrogen) atoms. The molecule has 132 valence electrons. The first-order chi connectivity index (χ1) is 11.1. The molecule has 1 unspecified atom stereocenters. The number of nitrogens with zero attached hydrogens (tertiary/aromatic N) is 2. The number of ether oxygens (including phenoxy) is 1. The smallest absolute Gasteiger partial charge is 0.438 e. The maximum Gasteiger partial charge on any atom is 0.438 e. The van der Waals surface area contributed by atoms with Crippen LogP contribution in [0.2, 0.25) is 0 Å². The van der Waals surface area contributed by atoms with Gasteiger partial charge in [0.05, 0.1) is 7.11 Å². The molecule has 0 spiro atoms. The average Bonchev–Trinajstić information content (AvgIpc) is 2.87. The largest absolute Gasteiger partial charge is 0.497 e. The summed E-state index contributed by atoms with van der Waals surface area (Å²) in [5, 5.41) is 16.8. The maximum absolute atomic E-state index is 13.4. The number of hydrogen-bond donors (Lipinski definition) is 2. The van der Waals surface area contributed by atoms with Crippen LogP contribution in [0.5, 0.6) is 5.75 Å². The van der Waals surface area contributed by atoms with E-state index in [4.69, 9.17) is 17.0 Å². The lowest BCUT2D eigenvalue weighted by Crippen LogP contribution is -2.57. The number of thiocarbonyl (C=S) groups is 1. The monoisotopic (exact) mass is 361 g/mol. The van der Waals surface area contributed by atoms with Gasteiger partial charge in [0.25, 0.3) is 5.72 Å². The fraction of sp³-hybridized carbons (Fsp3) is 0.467. The zero-order chi connectivity index (χ0) is 18.1. The predicted molar refractivity (Wildman–Crippen MR) is 88.9 cm³/mol. The van der Waals surface area contributed by atoms with Gasteiger partial charge in [0.15, 0.2) is 5.11 Å². The van der Waals surface area contributed by atoms with E-state index in [9.17, 15) is 18.3 Å². The Morgan fingerprint density at radius 1 is 1.38 bits per heavy atom. The third-order valence-corrected chi connectivity index (χ3v) is 3.94. The van der Waals surface area contributed by atoms with E-state index < -0.39 is 18.3 Å². The fourth-order valence-corrected chi connectivity index (χ4v) is 2.49. The van der Waals surface area contributed by atoms with E-state index in [1.54, 1.807) is 38.1 Å². The minimum atomic E-state index is -4.90. The molecule has 0 saturated heterocycles. The summed E-state index contributed by atoms with van der Waals surface area (Å²) in [6.07, 6.45) is -5.54. The molecule has 0 aliphatic carbocycles. The lowest BCUT2D eigenvalue weighted by Gasteiger charge is -2.34. The van der Waals surface area contributed by atoms with Gasteiger partial charge in [-0.25, -0.2) is 0 Å². The quantitative estimate of drug-likeness (QED) is 0.809. The van der Waals surface area contributed by atoms with Crippen LogP contribution >= 0.6 is 12.2 Å². The molecule has 0 radical (unpaired) electrons. The Morgan fingerprint density at radius 2 is 1.96 bits per heavy atom. The summed E-state index contributed by atoms with van der Waals surface area (Å²) >= 11 is 5.03. The molecule has 0 saturated carbocycles. The van der Waals surface area contributed by atoms with E-state index in [-0.39, 0.29) is 16.7 Å². The highest BCUT2D eigenvalue weighted by atomic mass is 32.1. The summed E-state index contributed by atoms with van der Waals surface area (Å²) in [6, 6.07) is 6.46. The van der Waals surface area contributed by atoms with Crippen molar-refractivity contribution in [2.24, 2.45) is 11.0 Å². The molecule has 0 aromatic heterocycles. The summed E-state index contributed by atoms with van der Waals surface area (Å²) in [4.78, 5) is 0. The number of rotatable bonds is 3. The second-order valence-electron chi connectivity index (χ2n) is 5.71. The zero-order valence-electron chi connectivity index (χ0n) is 13.4. The van der Waals surface area contributed by atoms with Crippen LogP contribution in [-0.4, -0.2) is 40.0 Å². The topological polar surface area (TPSA) is 57.1 Å². The van der Waals surface area contributed by atoms with Crippen molar-refractivity contribution < 1.29 is 23.0 Å². The maximum atomic E-state index is 13.4. The molecule has 1 heterocycles. The van der Waals surface area contributed by atoms with Crippen molar-refractivity contribution in [3.8, 4) is 5.75 Å². The molecule has 0 amide bonds. The first-order valence-electron chi connectivity index (χ1n) is 7.20. The molecule has 9 heteroatoms. The van der Waals surface area contributed by atoms with Crippen molar-refractivity contribution in [3.05, 3.63) is 24.3 Å². The van der Waals surface area contributed by atoms with Gasteiger partial charge in [-0.3, -0.25) is 0 Å². The average molecular weight is 361 g/mol. The van der Waals surface area contributed by atoms with Gasteiger partial charge >= 0.3 is 6.18 Å². The number of hydrazone groups is 1. The van der Waals surface area contributed by atoms with Crippen molar-refractivity contribution >= 4 is 28.7 Å². The second kappa shape index (κ2) is 6.56. The molecule has 1 aliphatic heterocycles. The van der Waals surface area contributed by atoms with Gasteiger partial charge in [0.1, 0.15) is 5.75 Å².